The van der Waals surface area contributed by atoms with E-state index in [-0.39, 0.29) is 5.69 Å². The van der Waals surface area contributed by atoms with Crippen molar-refractivity contribution in [2.24, 2.45) is 0 Å². The molecule has 0 atom stereocenters. The average molecular weight is 237 g/mol. The van der Waals surface area contributed by atoms with Gasteiger partial charge in [-0.05, 0) is 34.5 Å². The summed E-state index contributed by atoms with van der Waals surface area (Å²) in [6.07, 6.45) is -2.58. The molecular weight excluding hydrogens is 230 g/mol. The lowest BCUT2D eigenvalue weighted by atomic mass is 10.2. The minimum Gasteiger partial charge on any atom is -0.398 e. The number of anilines is 1. The summed E-state index contributed by atoms with van der Waals surface area (Å²) in [4.78, 5) is 3.62. The number of halogens is 3. The predicted molar refractivity (Wildman–Crippen MR) is 46.0 cm³/mol. The highest BCUT2D eigenvalue weighted by Crippen LogP contribution is 2.26. The molecule has 1 aromatic rings. The fourth-order valence-electron chi connectivity index (χ4n) is 0.828. The standard InChI is InChI=1S/C7H7BrF2N2/c1-3-4(11)2-5(8)12-6(3)7(9)10/h2,7H,1H3,(H2,11,12). The molecule has 2 nitrogen and oxygen atoms in total. The Morgan fingerprint density at radius 1 is 1.58 bits per heavy atom. The van der Waals surface area contributed by atoms with Crippen LogP contribution in [-0.4, -0.2) is 4.98 Å². The second-order valence-electron chi connectivity index (χ2n) is 2.35. The van der Waals surface area contributed by atoms with Gasteiger partial charge in [-0.2, -0.15) is 0 Å². The first-order chi connectivity index (χ1) is 5.52. The van der Waals surface area contributed by atoms with Crippen LogP contribution in [0, 0.1) is 6.92 Å². The Balaban J connectivity index is 3.28. The maximum atomic E-state index is 12.2. The summed E-state index contributed by atoms with van der Waals surface area (Å²) in [5, 5.41) is 0. The first kappa shape index (κ1) is 9.38. The second-order valence-corrected chi connectivity index (χ2v) is 3.16. The maximum absolute atomic E-state index is 12.2. The molecule has 0 fully saturated rings. The molecule has 0 bridgehead atoms. The van der Waals surface area contributed by atoms with Crippen LogP contribution in [-0.2, 0) is 0 Å². The summed E-state index contributed by atoms with van der Waals surface area (Å²) in [5.74, 6) is 0. The Bertz CT molecular complexity index is 302. The summed E-state index contributed by atoms with van der Waals surface area (Å²) in [7, 11) is 0. The smallest absolute Gasteiger partial charge is 0.280 e. The lowest BCUT2D eigenvalue weighted by molar-refractivity contribution is 0.145. The number of nitrogens with two attached hydrogens (primary N) is 1. The number of hydrogen-bond acceptors (Lipinski definition) is 2. The zero-order chi connectivity index (χ0) is 9.30. The molecule has 0 saturated carbocycles. The molecule has 0 spiro atoms. The minimum atomic E-state index is -2.58. The average Bonchev–Trinajstić information content (AvgIpc) is 1.96. The number of alkyl halides is 2. The van der Waals surface area contributed by atoms with E-state index in [2.05, 4.69) is 20.9 Å². The van der Waals surface area contributed by atoms with Gasteiger partial charge < -0.3 is 5.73 Å². The molecule has 1 aromatic heterocycles. The number of rotatable bonds is 1. The third-order valence-corrected chi connectivity index (χ3v) is 1.93. The zero-order valence-corrected chi connectivity index (χ0v) is 7.90. The molecule has 0 aliphatic rings. The number of hydrogen-bond donors (Lipinski definition) is 1. The van der Waals surface area contributed by atoms with Gasteiger partial charge in [-0.25, -0.2) is 13.8 Å². The van der Waals surface area contributed by atoms with Crippen LogP contribution < -0.4 is 5.73 Å². The van der Waals surface area contributed by atoms with Crippen LogP contribution >= 0.6 is 15.9 Å². The number of nitrogen functional groups attached to an aromatic ring is 1. The third kappa shape index (κ3) is 1.72. The van der Waals surface area contributed by atoms with Crippen LogP contribution in [0.1, 0.15) is 17.7 Å². The first-order valence-corrected chi connectivity index (χ1v) is 4.02. The Hall–Kier alpha value is -0.710. The summed E-state index contributed by atoms with van der Waals surface area (Å²) < 4.78 is 24.8. The fraction of sp³-hybridized carbons (Fsp3) is 0.286. The van der Waals surface area contributed by atoms with Crippen molar-refractivity contribution in [2.75, 3.05) is 5.73 Å². The molecule has 0 aliphatic carbocycles. The maximum Gasteiger partial charge on any atom is 0.280 e. The van der Waals surface area contributed by atoms with Gasteiger partial charge in [0.15, 0.2) is 0 Å². The third-order valence-electron chi connectivity index (χ3n) is 1.53. The molecule has 1 rings (SSSR count). The van der Waals surface area contributed by atoms with Crippen LogP contribution in [0.4, 0.5) is 14.5 Å². The Morgan fingerprint density at radius 3 is 2.67 bits per heavy atom. The number of pyridine rings is 1. The number of nitrogens with zero attached hydrogens (tertiary/aromatic N) is 1. The second kappa shape index (κ2) is 3.35. The summed E-state index contributed by atoms with van der Waals surface area (Å²) >= 11 is 2.99. The number of aromatic nitrogens is 1. The Labute approximate surface area is 76.9 Å². The largest absolute Gasteiger partial charge is 0.398 e. The fourth-order valence-corrected chi connectivity index (χ4v) is 1.27. The van der Waals surface area contributed by atoms with Crippen LogP contribution in [0.15, 0.2) is 10.7 Å². The van der Waals surface area contributed by atoms with E-state index >= 15 is 0 Å². The summed E-state index contributed by atoms with van der Waals surface area (Å²) in [6, 6.07) is 1.50. The predicted octanol–water partition coefficient (Wildman–Crippen LogP) is 2.67. The van der Waals surface area contributed by atoms with Crippen molar-refractivity contribution in [3.63, 3.8) is 0 Å². The van der Waals surface area contributed by atoms with E-state index in [1.807, 2.05) is 0 Å². The van der Waals surface area contributed by atoms with E-state index in [1.165, 1.54) is 13.0 Å². The molecular formula is C7H7BrF2N2. The van der Waals surface area contributed by atoms with E-state index in [9.17, 15) is 8.78 Å². The van der Waals surface area contributed by atoms with Gasteiger partial charge in [-0.15, -0.1) is 0 Å². The van der Waals surface area contributed by atoms with Gasteiger partial charge in [0.1, 0.15) is 10.3 Å². The SMILES string of the molecule is Cc1c(N)cc(Br)nc1C(F)F. The van der Waals surface area contributed by atoms with Crippen LogP contribution in [0.25, 0.3) is 0 Å². The Morgan fingerprint density at radius 2 is 2.17 bits per heavy atom. The van der Waals surface area contributed by atoms with Gasteiger partial charge in [-0.3, -0.25) is 0 Å². The minimum absolute atomic E-state index is 0.262. The first-order valence-electron chi connectivity index (χ1n) is 3.23. The monoisotopic (exact) mass is 236 g/mol. The topological polar surface area (TPSA) is 38.9 Å². The van der Waals surface area contributed by atoms with Crippen molar-refractivity contribution in [3.05, 3.63) is 21.9 Å². The summed E-state index contributed by atoms with van der Waals surface area (Å²) in [5.41, 5.74) is 5.86. The molecule has 12 heavy (non-hydrogen) atoms. The zero-order valence-electron chi connectivity index (χ0n) is 6.31. The Kier molecular flexibility index (Phi) is 2.62. The molecule has 0 aromatic carbocycles. The molecule has 0 aliphatic heterocycles. The van der Waals surface area contributed by atoms with Crippen LogP contribution in [0.3, 0.4) is 0 Å². The normalized spacial score (nSPS) is 10.8. The quantitative estimate of drug-likeness (QED) is 0.762. The van der Waals surface area contributed by atoms with E-state index in [4.69, 9.17) is 5.73 Å². The molecule has 66 valence electrons. The van der Waals surface area contributed by atoms with Crippen LogP contribution in [0.5, 0.6) is 0 Å². The van der Waals surface area contributed by atoms with E-state index < -0.39 is 6.43 Å². The van der Waals surface area contributed by atoms with Crippen molar-refractivity contribution in [2.45, 2.75) is 13.3 Å². The molecule has 0 saturated heterocycles. The van der Waals surface area contributed by atoms with Gasteiger partial charge in [-0.1, -0.05) is 0 Å². The highest BCUT2D eigenvalue weighted by Gasteiger charge is 2.14. The molecule has 5 heteroatoms. The van der Waals surface area contributed by atoms with Gasteiger partial charge in [0.25, 0.3) is 6.43 Å². The van der Waals surface area contributed by atoms with E-state index in [1.54, 1.807) is 0 Å². The van der Waals surface area contributed by atoms with Gasteiger partial charge in [0.2, 0.25) is 0 Å². The van der Waals surface area contributed by atoms with Crippen molar-refractivity contribution in [1.29, 1.82) is 0 Å². The van der Waals surface area contributed by atoms with Crippen molar-refractivity contribution >= 4 is 21.6 Å². The highest BCUT2D eigenvalue weighted by atomic mass is 79.9. The van der Waals surface area contributed by atoms with Crippen LogP contribution in [0.2, 0.25) is 0 Å². The van der Waals surface area contributed by atoms with Gasteiger partial charge >= 0.3 is 0 Å². The highest BCUT2D eigenvalue weighted by molar-refractivity contribution is 9.10. The molecule has 1 heterocycles. The van der Waals surface area contributed by atoms with E-state index in [0.29, 0.717) is 15.9 Å². The lowest BCUT2D eigenvalue weighted by Crippen LogP contribution is -2.00. The molecule has 0 unspecified atom stereocenters. The van der Waals surface area contributed by atoms with Crippen molar-refractivity contribution in [1.82, 2.24) is 4.98 Å². The summed E-state index contributed by atoms with van der Waals surface area (Å²) in [6.45, 7) is 1.52. The van der Waals surface area contributed by atoms with E-state index in [0.717, 1.165) is 0 Å². The van der Waals surface area contributed by atoms with Crippen molar-refractivity contribution < 1.29 is 8.78 Å². The van der Waals surface area contributed by atoms with Gasteiger partial charge in [0, 0.05) is 5.69 Å². The molecule has 2 N–H and O–H groups in total. The van der Waals surface area contributed by atoms with Gasteiger partial charge in [0.05, 0.1) is 0 Å². The molecule has 0 amide bonds. The lowest BCUT2D eigenvalue weighted by Gasteiger charge is -2.06. The molecule has 0 radical (unpaired) electrons. The van der Waals surface area contributed by atoms with Crippen molar-refractivity contribution in [3.8, 4) is 0 Å².